The second-order valence-electron chi connectivity index (χ2n) is 2.25. The maximum atomic E-state index is 12.9. The SMILES string of the molecule is Fc1c2ccc(c1F)OCON2. The quantitative estimate of drug-likeness (QED) is 0.647. The lowest BCUT2D eigenvalue weighted by molar-refractivity contribution is 0.0414. The second-order valence-corrected chi connectivity index (χ2v) is 2.25. The van der Waals surface area contributed by atoms with Gasteiger partial charge in [0.15, 0.2) is 11.6 Å². The minimum Gasteiger partial charge on any atom is -0.462 e. The van der Waals surface area contributed by atoms with Gasteiger partial charge in [0.25, 0.3) is 0 Å². The molecule has 1 N–H and O–H groups in total. The first-order valence-corrected chi connectivity index (χ1v) is 3.27. The maximum Gasteiger partial charge on any atom is 0.213 e. The van der Waals surface area contributed by atoms with Crippen LogP contribution >= 0.6 is 0 Å². The number of halogens is 2. The van der Waals surface area contributed by atoms with Crippen LogP contribution in [0.2, 0.25) is 0 Å². The van der Waals surface area contributed by atoms with Crippen LogP contribution in [0.1, 0.15) is 0 Å². The van der Waals surface area contributed by atoms with Gasteiger partial charge in [0.05, 0.1) is 5.69 Å². The molecule has 12 heavy (non-hydrogen) atoms. The van der Waals surface area contributed by atoms with Gasteiger partial charge in [-0.3, -0.25) is 5.48 Å². The molecule has 0 saturated heterocycles. The zero-order chi connectivity index (χ0) is 8.55. The largest absolute Gasteiger partial charge is 0.462 e. The van der Waals surface area contributed by atoms with E-state index in [1.807, 2.05) is 0 Å². The highest BCUT2D eigenvalue weighted by Gasteiger charge is 2.16. The molecule has 0 aromatic heterocycles. The van der Waals surface area contributed by atoms with Crippen LogP contribution in [0.15, 0.2) is 12.1 Å². The van der Waals surface area contributed by atoms with Crippen molar-refractivity contribution in [3.63, 3.8) is 0 Å². The van der Waals surface area contributed by atoms with Crippen molar-refractivity contribution in [2.24, 2.45) is 0 Å². The average Bonchev–Trinajstić information content (AvgIpc) is 2.00. The van der Waals surface area contributed by atoms with Gasteiger partial charge in [-0.2, -0.15) is 4.39 Å². The summed E-state index contributed by atoms with van der Waals surface area (Å²) in [6, 6.07) is 2.68. The number of ether oxygens (including phenoxy) is 1. The summed E-state index contributed by atoms with van der Waals surface area (Å²) in [5, 5.41) is 0. The summed E-state index contributed by atoms with van der Waals surface area (Å²) < 4.78 is 30.5. The molecular weight excluding hydrogens is 168 g/mol. The summed E-state index contributed by atoms with van der Waals surface area (Å²) in [4.78, 5) is 4.60. The molecule has 2 aliphatic heterocycles. The minimum atomic E-state index is -0.997. The number of anilines is 1. The smallest absolute Gasteiger partial charge is 0.213 e. The molecule has 2 aliphatic rings. The highest BCUT2D eigenvalue weighted by atomic mass is 19.2. The van der Waals surface area contributed by atoms with Crippen molar-refractivity contribution in [2.75, 3.05) is 12.3 Å². The molecule has 0 amide bonds. The molecule has 0 unspecified atom stereocenters. The van der Waals surface area contributed by atoms with Crippen LogP contribution in [-0.2, 0) is 4.84 Å². The molecule has 0 fully saturated rings. The molecule has 64 valence electrons. The average molecular weight is 173 g/mol. The van der Waals surface area contributed by atoms with E-state index in [4.69, 9.17) is 4.74 Å². The Labute approximate surface area is 66.9 Å². The Morgan fingerprint density at radius 1 is 1.25 bits per heavy atom. The molecule has 0 radical (unpaired) electrons. The second kappa shape index (κ2) is 2.60. The van der Waals surface area contributed by atoms with Crippen molar-refractivity contribution >= 4 is 5.69 Å². The van der Waals surface area contributed by atoms with E-state index in [9.17, 15) is 8.78 Å². The summed E-state index contributed by atoms with van der Waals surface area (Å²) in [5.74, 6) is -2.13. The number of fused-ring (bicyclic) bond motifs is 5. The molecule has 5 heteroatoms. The van der Waals surface area contributed by atoms with E-state index in [1.165, 1.54) is 12.1 Å². The molecule has 1 aromatic rings. The monoisotopic (exact) mass is 173 g/mol. The Morgan fingerprint density at radius 3 is 2.92 bits per heavy atom. The predicted molar refractivity (Wildman–Crippen MR) is 36.6 cm³/mol. The van der Waals surface area contributed by atoms with Crippen LogP contribution in [0.25, 0.3) is 0 Å². The Bertz CT molecular complexity index is 286. The molecule has 3 nitrogen and oxygen atoms in total. The number of hydrogen-bond donors (Lipinski definition) is 1. The van der Waals surface area contributed by atoms with Gasteiger partial charge in [0.1, 0.15) is 0 Å². The summed E-state index contributed by atoms with van der Waals surface area (Å²) in [6.07, 6.45) is 0. The molecule has 3 rings (SSSR count). The zero-order valence-electron chi connectivity index (χ0n) is 5.93. The van der Waals surface area contributed by atoms with Gasteiger partial charge in [0, 0.05) is 0 Å². The van der Waals surface area contributed by atoms with E-state index in [1.54, 1.807) is 0 Å². The van der Waals surface area contributed by atoms with Gasteiger partial charge in [-0.1, -0.05) is 0 Å². The van der Waals surface area contributed by atoms with Crippen molar-refractivity contribution < 1.29 is 18.4 Å². The third kappa shape index (κ3) is 0.984. The number of hydrogen-bond acceptors (Lipinski definition) is 3. The first-order chi connectivity index (χ1) is 5.79. The van der Waals surface area contributed by atoms with Gasteiger partial charge < -0.3 is 4.74 Å². The summed E-state index contributed by atoms with van der Waals surface area (Å²) in [6.45, 7) is -0.149. The van der Waals surface area contributed by atoms with E-state index >= 15 is 0 Å². The van der Waals surface area contributed by atoms with E-state index in [2.05, 4.69) is 10.3 Å². The lowest BCUT2D eigenvalue weighted by Gasteiger charge is -2.15. The fourth-order valence-electron chi connectivity index (χ4n) is 0.922. The number of nitrogens with one attached hydrogen (secondary N) is 1. The van der Waals surface area contributed by atoms with Crippen molar-refractivity contribution in [3.05, 3.63) is 23.8 Å². The predicted octanol–water partition coefficient (Wildman–Crippen LogP) is 1.66. The van der Waals surface area contributed by atoms with E-state index in [0.29, 0.717) is 0 Å². The van der Waals surface area contributed by atoms with Crippen molar-refractivity contribution in [3.8, 4) is 5.75 Å². The molecule has 2 bridgehead atoms. The summed E-state index contributed by atoms with van der Waals surface area (Å²) in [5.41, 5.74) is 2.18. The molecular formula is C7H5F2NO2. The van der Waals surface area contributed by atoms with E-state index < -0.39 is 11.6 Å². The van der Waals surface area contributed by atoms with Crippen molar-refractivity contribution in [2.45, 2.75) is 0 Å². The molecule has 0 spiro atoms. The Kier molecular flexibility index (Phi) is 1.58. The Hall–Kier alpha value is -1.36. The fourth-order valence-corrected chi connectivity index (χ4v) is 0.922. The highest BCUT2D eigenvalue weighted by molar-refractivity contribution is 5.47. The number of benzene rings is 1. The molecule has 0 atom stereocenters. The summed E-state index contributed by atoms with van der Waals surface area (Å²) in [7, 11) is 0. The van der Waals surface area contributed by atoms with Gasteiger partial charge >= 0.3 is 0 Å². The molecule has 0 saturated carbocycles. The standard InChI is InChI=1S/C7H5F2NO2/c8-6-4-1-2-5(7(6)9)11-3-12-10-4/h1-2,10H,3H2. The first kappa shape index (κ1) is 7.30. The first-order valence-electron chi connectivity index (χ1n) is 3.27. The minimum absolute atomic E-state index is 0.0282. The van der Waals surface area contributed by atoms with Gasteiger partial charge in [-0.15, -0.1) is 0 Å². The van der Waals surface area contributed by atoms with Gasteiger partial charge in [-0.05, 0) is 12.1 Å². The third-order valence-corrected chi connectivity index (χ3v) is 1.50. The molecule has 2 heterocycles. The van der Waals surface area contributed by atoms with E-state index in [-0.39, 0.29) is 18.2 Å². The van der Waals surface area contributed by atoms with Crippen LogP contribution in [0.5, 0.6) is 5.75 Å². The molecule has 1 aromatic carbocycles. The summed E-state index contributed by atoms with van der Waals surface area (Å²) >= 11 is 0. The van der Waals surface area contributed by atoms with Crippen molar-refractivity contribution in [1.29, 1.82) is 0 Å². The normalized spacial score (nSPS) is 14.5. The fraction of sp³-hybridized carbons (Fsp3) is 0.143. The Balaban J connectivity index is 2.58. The topological polar surface area (TPSA) is 30.5 Å². The number of rotatable bonds is 0. The Morgan fingerprint density at radius 2 is 2.08 bits per heavy atom. The third-order valence-electron chi connectivity index (χ3n) is 1.50. The lowest BCUT2D eigenvalue weighted by atomic mass is 10.3. The van der Waals surface area contributed by atoms with Crippen LogP contribution < -0.4 is 10.2 Å². The van der Waals surface area contributed by atoms with Gasteiger partial charge in [-0.25, -0.2) is 9.23 Å². The van der Waals surface area contributed by atoms with Crippen LogP contribution in [0.3, 0.4) is 0 Å². The van der Waals surface area contributed by atoms with Crippen LogP contribution in [0, 0.1) is 11.6 Å². The van der Waals surface area contributed by atoms with Crippen LogP contribution in [0.4, 0.5) is 14.5 Å². The van der Waals surface area contributed by atoms with E-state index in [0.717, 1.165) is 0 Å². The lowest BCUT2D eigenvalue weighted by Crippen LogP contribution is -2.14. The zero-order valence-corrected chi connectivity index (χ0v) is 5.93. The maximum absolute atomic E-state index is 12.9. The molecule has 0 aliphatic carbocycles. The highest BCUT2D eigenvalue weighted by Crippen LogP contribution is 2.27. The van der Waals surface area contributed by atoms with Crippen LogP contribution in [-0.4, -0.2) is 6.79 Å². The van der Waals surface area contributed by atoms with Crippen molar-refractivity contribution in [1.82, 2.24) is 0 Å². The van der Waals surface area contributed by atoms with Gasteiger partial charge in [0.2, 0.25) is 12.6 Å².